The fourth-order valence-electron chi connectivity index (χ4n) is 4.73. The second kappa shape index (κ2) is 10.1. The predicted octanol–water partition coefficient (Wildman–Crippen LogP) is 1.61. The van der Waals surface area contributed by atoms with E-state index < -0.39 is 11.2 Å². The smallest absolute Gasteiger partial charge is 0.337 e. The van der Waals surface area contributed by atoms with Crippen LogP contribution in [-0.2, 0) is 13.1 Å². The molecule has 1 unspecified atom stereocenters. The molecule has 37 heavy (non-hydrogen) atoms. The van der Waals surface area contributed by atoms with Crippen molar-refractivity contribution >= 4 is 17.1 Å². The van der Waals surface area contributed by atoms with Crippen molar-refractivity contribution in [3.63, 3.8) is 0 Å². The summed E-state index contributed by atoms with van der Waals surface area (Å²) in [5.41, 5.74) is 6.90. The zero-order valence-corrected chi connectivity index (χ0v) is 20.5. The molecule has 0 saturated carbocycles. The maximum Gasteiger partial charge on any atom is 0.337 e. The number of pyridine rings is 1. The molecular formula is C27H26N8O2. The van der Waals surface area contributed by atoms with E-state index in [9.17, 15) is 14.9 Å². The van der Waals surface area contributed by atoms with E-state index in [2.05, 4.69) is 27.8 Å². The Hall–Kier alpha value is -4.67. The lowest BCUT2D eigenvalue weighted by atomic mass is 10.1. The highest BCUT2D eigenvalue weighted by Gasteiger charge is 2.27. The van der Waals surface area contributed by atoms with Gasteiger partial charge >= 0.3 is 5.69 Å². The number of nitrogens with zero attached hydrogens (tertiary/aromatic N) is 7. The van der Waals surface area contributed by atoms with Crippen LogP contribution in [0.3, 0.4) is 0 Å². The van der Waals surface area contributed by atoms with Gasteiger partial charge < -0.3 is 10.6 Å². The van der Waals surface area contributed by atoms with Crippen molar-refractivity contribution in [3.05, 3.63) is 80.8 Å². The Balaban J connectivity index is 1.84. The quantitative estimate of drug-likeness (QED) is 0.418. The summed E-state index contributed by atoms with van der Waals surface area (Å²) in [6, 6.07) is 14.4. The third kappa shape index (κ3) is 4.39. The molecular weight excluding hydrogens is 468 g/mol. The van der Waals surface area contributed by atoms with Gasteiger partial charge in [-0.3, -0.25) is 18.9 Å². The van der Waals surface area contributed by atoms with Gasteiger partial charge in [-0.05, 0) is 44.0 Å². The number of benzene rings is 1. The summed E-state index contributed by atoms with van der Waals surface area (Å²) in [5.74, 6) is 6.49. The minimum absolute atomic E-state index is 0.0131. The number of hydrogen-bond acceptors (Lipinski definition) is 7. The average Bonchev–Trinajstić information content (AvgIpc) is 3.30. The summed E-state index contributed by atoms with van der Waals surface area (Å²) in [6.07, 6.45) is 3.35. The molecule has 1 atom stereocenters. The first kappa shape index (κ1) is 24.0. The molecule has 1 saturated heterocycles. The van der Waals surface area contributed by atoms with Crippen LogP contribution < -0.4 is 21.9 Å². The number of fused-ring (bicyclic) bond motifs is 1. The van der Waals surface area contributed by atoms with Crippen LogP contribution in [0.2, 0.25) is 0 Å². The van der Waals surface area contributed by atoms with Gasteiger partial charge in [0.05, 0.1) is 30.0 Å². The minimum Gasteiger partial charge on any atom is -0.341 e. The molecule has 5 rings (SSSR count). The summed E-state index contributed by atoms with van der Waals surface area (Å²) >= 11 is 0. The van der Waals surface area contributed by atoms with Crippen molar-refractivity contribution in [1.29, 1.82) is 5.26 Å². The van der Waals surface area contributed by atoms with Gasteiger partial charge in [-0.2, -0.15) is 10.2 Å². The van der Waals surface area contributed by atoms with Crippen molar-refractivity contribution in [1.82, 2.24) is 23.7 Å². The second-order valence-corrected chi connectivity index (χ2v) is 8.90. The first-order valence-corrected chi connectivity index (χ1v) is 12.1. The topological polar surface area (TPSA) is 128 Å². The molecule has 2 N–H and O–H groups in total. The van der Waals surface area contributed by atoms with Gasteiger partial charge in [0.1, 0.15) is 6.07 Å². The number of nitriles is 1. The molecule has 0 bridgehead atoms. The highest BCUT2D eigenvalue weighted by atomic mass is 16.2. The Labute approximate surface area is 213 Å². The summed E-state index contributed by atoms with van der Waals surface area (Å²) in [7, 11) is 0. The molecule has 10 nitrogen and oxygen atoms in total. The maximum absolute atomic E-state index is 14.0. The van der Waals surface area contributed by atoms with Gasteiger partial charge in [0.15, 0.2) is 11.2 Å². The molecule has 1 aliphatic rings. The monoisotopic (exact) mass is 494 g/mol. The molecule has 0 amide bonds. The van der Waals surface area contributed by atoms with Gasteiger partial charge in [-0.1, -0.05) is 24.1 Å². The van der Waals surface area contributed by atoms with Crippen LogP contribution in [0.15, 0.2) is 58.3 Å². The Morgan fingerprint density at radius 3 is 2.68 bits per heavy atom. The van der Waals surface area contributed by atoms with Crippen molar-refractivity contribution in [2.45, 2.75) is 38.9 Å². The van der Waals surface area contributed by atoms with E-state index >= 15 is 0 Å². The highest BCUT2D eigenvalue weighted by molar-refractivity contribution is 5.76. The number of piperidine rings is 1. The number of hydrogen-bond donors (Lipinski definition) is 1. The average molecular weight is 495 g/mol. The first-order valence-electron chi connectivity index (χ1n) is 12.1. The summed E-state index contributed by atoms with van der Waals surface area (Å²) < 4.78 is 4.32. The van der Waals surface area contributed by atoms with Crippen LogP contribution in [0.5, 0.6) is 0 Å². The van der Waals surface area contributed by atoms with Crippen LogP contribution in [0.4, 0.5) is 5.95 Å². The van der Waals surface area contributed by atoms with Gasteiger partial charge in [-0.25, -0.2) is 9.36 Å². The summed E-state index contributed by atoms with van der Waals surface area (Å²) in [4.78, 5) is 39.0. The van der Waals surface area contributed by atoms with Gasteiger partial charge in [-0.15, -0.1) is 5.92 Å². The van der Waals surface area contributed by atoms with E-state index in [-0.39, 0.29) is 30.3 Å². The lowest BCUT2D eigenvalue weighted by Gasteiger charge is -2.31. The largest absolute Gasteiger partial charge is 0.341 e. The van der Waals surface area contributed by atoms with Crippen LogP contribution in [0.25, 0.3) is 16.9 Å². The minimum atomic E-state index is -0.564. The second-order valence-electron chi connectivity index (χ2n) is 8.90. The molecule has 0 spiro atoms. The maximum atomic E-state index is 14.0. The van der Waals surface area contributed by atoms with E-state index in [0.29, 0.717) is 29.4 Å². The van der Waals surface area contributed by atoms with E-state index in [0.717, 1.165) is 24.0 Å². The van der Waals surface area contributed by atoms with Crippen molar-refractivity contribution in [3.8, 4) is 23.6 Å². The number of rotatable bonds is 5. The third-order valence-corrected chi connectivity index (χ3v) is 6.50. The number of imidazole rings is 1. The van der Waals surface area contributed by atoms with Crippen molar-refractivity contribution < 1.29 is 0 Å². The molecule has 1 fully saturated rings. The van der Waals surface area contributed by atoms with Crippen LogP contribution in [-0.4, -0.2) is 42.8 Å². The molecule has 3 aromatic heterocycles. The fraction of sp³-hybridized carbons (Fsp3) is 0.296. The molecule has 4 heterocycles. The van der Waals surface area contributed by atoms with Crippen LogP contribution in [0.1, 0.15) is 31.0 Å². The van der Waals surface area contributed by atoms with Crippen molar-refractivity contribution in [2.75, 3.05) is 18.0 Å². The lowest BCUT2D eigenvalue weighted by Crippen LogP contribution is -2.44. The predicted molar refractivity (Wildman–Crippen MR) is 141 cm³/mol. The molecule has 10 heteroatoms. The first-order chi connectivity index (χ1) is 18.0. The Morgan fingerprint density at radius 2 is 1.95 bits per heavy atom. The molecule has 1 aromatic carbocycles. The zero-order valence-electron chi connectivity index (χ0n) is 20.5. The number of aromatic nitrogens is 5. The lowest BCUT2D eigenvalue weighted by molar-refractivity contribution is 0.496. The van der Waals surface area contributed by atoms with Gasteiger partial charge in [0.25, 0.3) is 5.56 Å². The SMILES string of the molecule is CC#CCn1c(N2CCCC(N)C2)nc2c1c(=O)n(Cc1ncccc1C#N)c(=O)n2-c1ccccc1. The molecule has 0 radical (unpaired) electrons. The van der Waals surface area contributed by atoms with E-state index in [1.807, 2.05) is 18.2 Å². The standard InChI is InChI=1S/C27H26N8O2/c1-2-3-15-33-23-24(31-26(33)32-14-8-10-20(29)17-32)35(21-11-5-4-6-12-21)27(37)34(25(23)36)18-22-19(16-28)9-7-13-30-22/h4-7,9,11-13,20H,8,10,14-15,17-18,29H2,1H3. The Kier molecular flexibility index (Phi) is 6.59. The van der Waals surface area contributed by atoms with Crippen LogP contribution >= 0.6 is 0 Å². The molecule has 186 valence electrons. The van der Waals surface area contributed by atoms with E-state index in [1.54, 1.807) is 35.8 Å². The summed E-state index contributed by atoms with van der Waals surface area (Å²) in [5, 5.41) is 9.54. The highest BCUT2D eigenvalue weighted by Crippen LogP contribution is 2.24. The Morgan fingerprint density at radius 1 is 1.14 bits per heavy atom. The van der Waals surface area contributed by atoms with E-state index in [4.69, 9.17) is 10.7 Å². The number of anilines is 1. The number of nitrogens with two attached hydrogens (primary N) is 1. The summed E-state index contributed by atoms with van der Waals surface area (Å²) in [6.45, 7) is 3.13. The van der Waals surface area contributed by atoms with Crippen molar-refractivity contribution in [2.24, 2.45) is 5.73 Å². The molecule has 4 aromatic rings. The van der Waals surface area contributed by atoms with Crippen LogP contribution in [0, 0.1) is 23.2 Å². The van der Waals surface area contributed by atoms with E-state index in [1.165, 1.54) is 10.8 Å². The third-order valence-electron chi connectivity index (χ3n) is 6.50. The fourth-order valence-corrected chi connectivity index (χ4v) is 4.73. The van der Waals surface area contributed by atoms with Gasteiger partial charge in [0.2, 0.25) is 5.95 Å². The molecule has 0 aliphatic carbocycles. The van der Waals surface area contributed by atoms with Gasteiger partial charge in [0, 0.05) is 25.3 Å². The molecule has 1 aliphatic heterocycles. The number of para-hydroxylation sites is 1. The zero-order chi connectivity index (χ0) is 25.9. The normalized spacial score (nSPS) is 15.3. The Bertz CT molecular complexity index is 1680.